The molecule has 0 aliphatic carbocycles. The van der Waals surface area contributed by atoms with E-state index in [1.165, 1.54) is 5.39 Å². The van der Waals surface area contributed by atoms with Crippen molar-refractivity contribution in [2.24, 2.45) is 5.84 Å². The number of nitrogens with two attached hydrogens (primary N) is 2. The third kappa shape index (κ3) is 1.80. The zero-order valence-electron chi connectivity index (χ0n) is 13.2. The van der Waals surface area contributed by atoms with Crippen molar-refractivity contribution in [3.63, 3.8) is 0 Å². The van der Waals surface area contributed by atoms with Crippen LogP contribution in [0, 0.1) is 0 Å². The van der Waals surface area contributed by atoms with Crippen LogP contribution in [0.1, 0.15) is 0 Å². The van der Waals surface area contributed by atoms with Gasteiger partial charge in [0.15, 0.2) is 0 Å². The second-order valence-electron chi connectivity index (χ2n) is 6.30. The average Bonchev–Trinajstić information content (AvgIpc) is 2.62. The highest BCUT2D eigenvalue weighted by Crippen LogP contribution is 2.44. The van der Waals surface area contributed by atoms with E-state index in [2.05, 4.69) is 51.7 Å². The van der Waals surface area contributed by atoms with Crippen molar-refractivity contribution in [1.82, 2.24) is 0 Å². The fourth-order valence-electron chi connectivity index (χ4n) is 4.02. The zero-order chi connectivity index (χ0) is 17.3. The highest BCUT2D eigenvalue weighted by atomic mass is 79.9. The Morgan fingerprint density at radius 3 is 1.96 bits per heavy atom. The van der Waals surface area contributed by atoms with Crippen LogP contribution in [0.4, 0.5) is 11.4 Å². The van der Waals surface area contributed by atoms with E-state index >= 15 is 0 Å². The first-order valence-electron chi connectivity index (χ1n) is 7.95. The number of rotatable bonds is 1. The lowest BCUT2D eigenvalue weighted by atomic mass is 9.83. The van der Waals surface area contributed by atoms with E-state index in [0.717, 1.165) is 53.6 Å². The van der Waals surface area contributed by atoms with Gasteiger partial charge < -0.3 is 11.2 Å². The summed E-state index contributed by atoms with van der Waals surface area (Å²) >= 11 is 3.65. The lowest BCUT2D eigenvalue weighted by molar-refractivity contribution is 1.37. The fourth-order valence-corrected chi connectivity index (χ4v) is 4.58. The number of anilines is 2. The molecule has 0 spiro atoms. The Kier molecular flexibility index (Phi) is 2.97. The molecular weight excluding hydrogens is 373 g/mol. The number of nitrogen functional groups attached to an aromatic ring is 2. The lowest BCUT2D eigenvalue weighted by Crippen LogP contribution is -2.12. The highest BCUT2D eigenvalue weighted by Gasteiger charge is 2.17. The molecule has 0 heterocycles. The highest BCUT2D eigenvalue weighted by molar-refractivity contribution is 9.10. The molecule has 0 amide bonds. The average molecular weight is 386 g/mol. The van der Waals surface area contributed by atoms with Gasteiger partial charge in [0.05, 0.1) is 5.69 Å². The van der Waals surface area contributed by atoms with Crippen molar-refractivity contribution in [2.45, 2.75) is 0 Å². The largest absolute Gasteiger partial charge is 0.398 e. The second kappa shape index (κ2) is 5.00. The van der Waals surface area contributed by atoms with Crippen LogP contribution in [-0.4, -0.2) is 7.85 Å². The van der Waals surface area contributed by atoms with E-state index in [-0.39, 0.29) is 0 Å². The predicted molar refractivity (Wildman–Crippen MR) is 113 cm³/mol. The van der Waals surface area contributed by atoms with Crippen molar-refractivity contribution < 1.29 is 0 Å². The van der Waals surface area contributed by atoms with Crippen LogP contribution in [0.5, 0.6) is 0 Å². The van der Waals surface area contributed by atoms with Gasteiger partial charge >= 0.3 is 0 Å². The fraction of sp³-hybridized carbons (Fsp3) is 0. The molecule has 5 heteroatoms. The Labute approximate surface area is 153 Å². The molecule has 0 saturated heterocycles. The summed E-state index contributed by atoms with van der Waals surface area (Å²) in [5, 5.41) is 8.90. The molecule has 0 atom stereocenters. The zero-order valence-corrected chi connectivity index (χ0v) is 14.8. The summed E-state index contributed by atoms with van der Waals surface area (Å²) in [5.74, 6) is 5.73. The molecule has 5 aromatic rings. The third-order valence-electron chi connectivity index (χ3n) is 5.07. The summed E-state index contributed by atoms with van der Waals surface area (Å²) in [7, 11) is 6.29. The van der Waals surface area contributed by atoms with Gasteiger partial charge in [-0.3, -0.25) is 5.84 Å². The van der Waals surface area contributed by atoms with Gasteiger partial charge in [-0.1, -0.05) is 51.7 Å². The van der Waals surface area contributed by atoms with Gasteiger partial charge in [-0.25, -0.2) is 0 Å². The van der Waals surface area contributed by atoms with Crippen molar-refractivity contribution in [2.75, 3.05) is 11.2 Å². The number of halogens is 1. The molecule has 5 N–H and O–H groups in total. The molecule has 0 saturated carbocycles. The van der Waals surface area contributed by atoms with E-state index in [0.29, 0.717) is 5.46 Å². The first kappa shape index (κ1) is 14.8. The molecule has 0 fully saturated rings. The van der Waals surface area contributed by atoms with Crippen LogP contribution in [0.3, 0.4) is 0 Å². The minimum Gasteiger partial charge on any atom is -0.398 e. The van der Waals surface area contributed by atoms with Gasteiger partial charge in [0, 0.05) is 26.3 Å². The van der Waals surface area contributed by atoms with Crippen molar-refractivity contribution in [3.05, 3.63) is 53.0 Å². The summed E-state index contributed by atoms with van der Waals surface area (Å²) in [6, 6.07) is 16.3. The van der Waals surface area contributed by atoms with Crippen LogP contribution in [0.2, 0.25) is 0 Å². The number of fused-ring (bicyclic) bond motifs is 2. The standard InChI is InChI=1S/C20H13BBrN3/c21-13-5-1-9-11-3-7-15(23)20-14(22)6-2-10(18(11)20)12-4-8-16(25-24)19(13)17(9)12/h1-8,25H,23-24H2. The SMILES string of the molecule is [B]c1ccc2c3ccc(N)c4c(Br)ccc(c5ccc(NN)c1c25)c43. The van der Waals surface area contributed by atoms with Gasteiger partial charge in [0.2, 0.25) is 0 Å². The Morgan fingerprint density at radius 1 is 0.720 bits per heavy atom. The Morgan fingerprint density at radius 2 is 1.28 bits per heavy atom. The molecule has 3 nitrogen and oxygen atoms in total. The van der Waals surface area contributed by atoms with Crippen molar-refractivity contribution in [1.29, 1.82) is 0 Å². The molecule has 0 aliphatic heterocycles. The van der Waals surface area contributed by atoms with E-state index in [1.807, 2.05) is 18.2 Å². The van der Waals surface area contributed by atoms with E-state index in [9.17, 15) is 0 Å². The van der Waals surface area contributed by atoms with E-state index in [1.54, 1.807) is 0 Å². The van der Waals surface area contributed by atoms with Crippen LogP contribution >= 0.6 is 15.9 Å². The normalized spacial score (nSPS) is 11.9. The quantitative estimate of drug-likeness (QED) is 0.101. The van der Waals surface area contributed by atoms with Gasteiger partial charge in [-0.05, 0) is 45.1 Å². The van der Waals surface area contributed by atoms with Crippen molar-refractivity contribution in [3.8, 4) is 0 Å². The van der Waals surface area contributed by atoms with Gasteiger partial charge in [0.25, 0.3) is 0 Å². The summed E-state index contributed by atoms with van der Waals surface area (Å²) in [4.78, 5) is 0. The van der Waals surface area contributed by atoms with Gasteiger partial charge in [-0.2, -0.15) is 0 Å². The predicted octanol–water partition coefficient (Wildman–Crippen LogP) is 4.16. The molecule has 0 aromatic heterocycles. The maximum atomic E-state index is 6.29. The summed E-state index contributed by atoms with van der Waals surface area (Å²) < 4.78 is 1.00. The third-order valence-corrected chi connectivity index (χ3v) is 5.73. The van der Waals surface area contributed by atoms with Crippen LogP contribution in [-0.2, 0) is 0 Å². The summed E-state index contributed by atoms with van der Waals surface area (Å²) in [6.45, 7) is 0. The molecule has 118 valence electrons. The molecule has 25 heavy (non-hydrogen) atoms. The number of hydrogen-bond donors (Lipinski definition) is 3. The second-order valence-corrected chi connectivity index (χ2v) is 7.16. The first-order chi connectivity index (χ1) is 12.1. The Bertz CT molecular complexity index is 1260. The van der Waals surface area contributed by atoms with E-state index < -0.39 is 0 Å². The van der Waals surface area contributed by atoms with E-state index in [4.69, 9.17) is 19.4 Å². The van der Waals surface area contributed by atoms with Crippen LogP contribution in [0.25, 0.3) is 43.1 Å². The smallest absolute Gasteiger partial charge is 0.114 e. The number of nitrogens with one attached hydrogen (secondary N) is 1. The molecular formula is C20H13BBrN3. The topological polar surface area (TPSA) is 64.1 Å². The Hall–Kier alpha value is -2.50. The molecule has 5 aromatic carbocycles. The summed E-state index contributed by atoms with van der Waals surface area (Å²) in [6.07, 6.45) is 0. The minimum atomic E-state index is 0.709. The maximum absolute atomic E-state index is 6.29. The summed E-state index contributed by atoms with van der Waals surface area (Å²) in [5.41, 5.74) is 11.4. The maximum Gasteiger partial charge on any atom is 0.114 e. The van der Waals surface area contributed by atoms with Gasteiger partial charge in [-0.15, -0.1) is 0 Å². The van der Waals surface area contributed by atoms with Crippen LogP contribution in [0.15, 0.2) is 53.0 Å². The number of hydrogen-bond acceptors (Lipinski definition) is 3. The van der Waals surface area contributed by atoms with Crippen LogP contribution < -0.4 is 22.5 Å². The lowest BCUT2D eigenvalue weighted by Gasteiger charge is -2.19. The first-order valence-corrected chi connectivity index (χ1v) is 8.74. The molecule has 0 bridgehead atoms. The number of hydrazine groups is 1. The molecule has 0 aliphatic rings. The molecule has 5 rings (SSSR count). The molecule has 2 radical (unpaired) electrons. The molecule has 0 unspecified atom stereocenters. The van der Waals surface area contributed by atoms with Crippen molar-refractivity contribution >= 4 is 83.7 Å². The van der Waals surface area contributed by atoms with Gasteiger partial charge in [0.1, 0.15) is 7.85 Å². The minimum absolute atomic E-state index is 0.709. The monoisotopic (exact) mass is 385 g/mol. The number of benzene rings is 5. The Balaban J connectivity index is 2.22.